The molecular weight excluding hydrogens is 414 g/mol. The molecule has 0 aliphatic carbocycles. The van der Waals surface area contributed by atoms with E-state index in [0.717, 1.165) is 26.6 Å². The van der Waals surface area contributed by atoms with Gasteiger partial charge < -0.3 is 4.74 Å². The summed E-state index contributed by atoms with van der Waals surface area (Å²) >= 11 is 3.03. The van der Waals surface area contributed by atoms with Gasteiger partial charge in [-0.25, -0.2) is 4.98 Å². The third-order valence-electron chi connectivity index (χ3n) is 4.54. The molecule has 2 heterocycles. The molecule has 0 aliphatic heterocycles. The first-order valence-electron chi connectivity index (χ1n) is 9.47. The highest BCUT2D eigenvalue weighted by atomic mass is 32.2. The number of aryl methyl sites for hydroxylation is 1. The minimum absolute atomic E-state index is 0.00255. The molecule has 0 bridgehead atoms. The Labute approximate surface area is 183 Å². The molecular formula is C23H21N3O2S2. The molecule has 0 saturated heterocycles. The van der Waals surface area contributed by atoms with Gasteiger partial charge in [-0.2, -0.15) is 0 Å². The minimum Gasteiger partial charge on any atom is -0.497 e. The fourth-order valence-corrected chi connectivity index (χ4v) is 4.65. The lowest BCUT2D eigenvalue weighted by Gasteiger charge is -2.19. The smallest absolute Gasteiger partial charge is 0.239 e. The Hall–Kier alpha value is -2.90. The Morgan fingerprint density at radius 3 is 2.70 bits per heavy atom. The fraction of sp³-hybridized carbons (Fsp3) is 0.174. The lowest BCUT2D eigenvalue weighted by Crippen LogP contribution is -2.32. The number of carbonyl (C=O) groups is 1. The highest BCUT2D eigenvalue weighted by Gasteiger charge is 2.21. The van der Waals surface area contributed by atoms with Crippen LogP contribution in [0.5, 0.6) is 5.75 Å². The molecule has 0 spiro atoms. The van der Waals surface area contributed by atoms with Crippen molar-refractivity contribution < 1.29 is 9.53 Å². The van der Waals surface area contributed by atoms with Crippen molar-refractivity contribution in [2.45, 2.75) is 18.4 Å². The van der Waals surface area contributed by atoms with Crippen molar-refractivity contribution in [3.05, 3.63) is 78.1 Å². The van der Waals surface area contributed by atoms with Crippen LogP contribution in [0.2, 0.25) is 0 Å². The summed E-state index contributed by atoms with van der Waals surface area (Å²) in [5.41, 5.74) is 2.84. The summed E-state index contributed by atoms with van der Waals surface area (Å²) in [6.07, 6.45) is 1.74. The van der Waals surface area contributed by atoms with E-state index in [1.165, 1.54) is 28.7 Å². The Morgan fingerprint density at radius 2 is 1.97 bits per heavy atom. The van der Waals surface area contributed by atoms with Crippen LogP contribution in [0.25, 0.3) is 10.2 Å². The molecule has 0 fully saturated rings. The summed E-state index contributed by atoms with van der Waals surface area (Å²) < 4.78 is 6.31. The van der Waals surface area contributed by atoms with Crippen molar-refractivity contribution >= 4 is 44.4 Å². The Morgan fingerprint density at radius 1 is 1.13 bits per heavy atom. The number of amides is 1. The van der Waals surface area contributed by atoms with E-state index in [0.29, 0.717) is 17.4 Å². The number of hydrogen-bond donors (Lipinski definition) is 0. The predicted molar refractivity (Wildman–Crippen MR) is 124 cm³/mol. The maximum Gasteiger partial charge on any atom is 0.239 e. The summed E-state index contributed by atoms with van der Waals surface area (Å²) in [5.74, 6) is 1.07. The fourth-order valence-electron chi connectivity index (χ4n) is 2.91. The Balaban J connectivity index is 1.60. The summed E-state index contributed by atoms with van der Waals surface area (Å²) in [6, 6.07) is 19.7. The second-order valence-corrected chi connectivity index (χ2v) is 8.79. The monoisotopic (exact) mass is 435 g/mol. The van der Waals surface area contributed by atoms with E-state index in [1.807, 2.05) is 48.5 Å². The number of benzene rings is 2. The van der Waals surface area contributed by atoms with Crippen molar-refractivity contribution in [2.24, 2.45) is 0 Å². The van der Waals surface area contributed by atoms with E-state index < -0.39 is 0 Å². The van der Waals surface area contributed by atoms with E-state index in [2.05, 4.69) is 24.0 Å². The van der Waals surface area contributed by atoms with Crippen LogP contribution in [-0.4, -0.2) is 28.7 Å². The van der Waals surface area contributed by atoms with Crippen LogP contribution >= 0.6 is 23.1 Å². The van der Waals surface area contributed by atoms with Gasteiger partial charge in [0.2, 0.25) is 5.91 Å². The minimum atomic E-state index is -0.00255. The first-order valence-corrected chi connectivity index (χ1v) is 11.3. The second-order valence-electron chi connectivity index (χ2n) is 6.73. The Kier molecular flexibility index (Phi) is 6.30. The van der Waals surface area contributed by atoms with Crippen molar-refractivity contribution in [3.8, 4) is 5.75 Å². The average molecular weight is 436 g/mol. The molecule has 4 aromatic rings. The number of nitrogens with zero attached hydrogens (tertiary/aromatic N) is 3. The average Bonchev–Trinajstić information content (AvgIpc) is 3.20. The number of ether oxygens (including phenoxy) is 1. The maximum atomic E-state index is 13.2. The molecule has 0 radical (unpaired) electrons. The number of thiazole rings is 1. The van der Waals surface area contributed by atoms with Crippen LogP contribution < -0.4 is 9.64 Å². The predicted octanol–water partition coefficient (Wildman–Crippen LogP) is 5.33. The molecule has 2 aromatic carbocycles. The van der Waals surface area contributed by atoms with E-state index in [4.69, 9.17) is 9.72 Å². The van der Waals surface area contributed by atoms with Crippen LogP contribution in [0.4, 0.5) is 5.13 Å². The number of thioether (sulfide) groups is 1. The van der Waals surface area contributed by atoms with Gasteiger partial charge in [-0.1, -0.05) is 35.1 Å². The number of fused-ring (bicyclic) bond motifs is 1. The summed E-state index contributed by atoms with van der Waals surface area (Å²) in [5, 5.41) is 0.665. The SMILES string of the molecule is COc1ccc2sc(N(Cc3ccccn3)C(=O)CSc3ccc(C)cc3)nc2c1. The molecule has 0 N–H and O–H groups in total. The van der Waals surface area contributed by atoms with E-state index in [-0.39, 0.29) is 5.91 Å². The number of pyridine rings is 1. The zero-order chi connectivity index (χ0) is 20.9. The van der Waals surface area contributed by atoms with Crippen molar-refractivity contribution in [1.29, 1.82) is 0 Å². The molecule has 5 nitrogen and oxygen atoms in total. The van der Waals surface area contributed by atoms with Crippen LogP contribution in [0, 0.1) is 6.92 Å². The summed E-state index contributed by atoms with van der Waals surface area (Å²) in [6.45, 7) is 2.43. The Bertz CT molecular complexity index is 1140. The molecule has 1 amide bonds. The second kappa shape index (κ2) is 9.28. The highest BCUT2D eigenvalue weighted by Crippen LogP contribution is 2.32. The third-order valence-corrected chi connectivity index (χ3v) is 6.60. The van der Waals surface area contributed by atoms with Gasteiger partial charge >= 0.3 is 0 Å². The molecule has 0 unspecified atom stereocenters. The standard InChI is InChI=1S/C23H21N3O2S2/c1-16-6-9-19(10-7-16)29-15-22(27)26(14-17-5-3-4-12-24-17)23-25-20-13-18(28-2)8-11-21(20)30-23/h3-13H,14-15H2,1-2H3. The number of aromatic nitrogens is 2. The first kappa shape index (κ1) is 20.4. The number of rotatable bonds is 7. The molecule has 0 aliphatic rings. The topological polar surface area (TPSA) is 55.3 Å². The van der Waals surface area contributed by atoms with Gasteiger partial charge in [0.15, 0.2) is 5.13 Å². The maximum absolute atomic E-state index is 13.2. The number of carbonyl (C=O) groups excluding carboxylic acids is 1. The quantitative estimate of drug-likeness (QED) is 0.367. The van der Waals surface area contributed by atoms with Crippen LogP contribution in [0.15, 0.2) is 71.8 Å². The molecule has 2 aromatic heterocycles. The molecule has 4 rings (SSSR count). The van der Waals surface area contributed by atoms with E-state index >= 15 is 0 Å². The number of anilines is 1. The molecule has 0 saturated carbocycles. The number of hydrogen-bond acceptors (Lipinski definition) is 6. The van der Waals surface area contributed by atoms with Crippen molar-refractivity contribution in [3.63, 3.8) is 0 Å². The van der Waals surface area contributed by atoms with Crippen molar-refractivity contribution in [1.82, 2.24) is 9.97 Å². The van der Waals surface area contributed by atoms with Crippen LogP contribution in [-0.2, 0) is 11.3 Å². The normalized spacial score (nSPS) is 10.9. The molecule has 0 atom stereocenters. The van der Waals surface area contributed by atoms with Crippen LogP contribution in [0.3, 0.4) is 0 Å². The number of methoxy groups -OCH3 is 1. The van der Waals surface area contributed by atoms with Gasteiger partial charge in [0.25, 0.3) is 0 Å². The zero-order valence-corrected chi connectivity index (χ0v) is 18.4. The van der Waals surface area contributed by atoms with E-state index in [9.17, 15) is 4.79 Å². The largest absolute Gasteiger partial charge is 0.497 e. The lowest BCUT2D eigenvalue weighted by atomic mass is 10.2. The third kappa shape index (κ3) is 4.80. The molecule has 152 valence electrons. The van der Waals surface area contributed by atoms with Gasteiger partial charge in [0.1, 0.15) is 5.75 Å². The van der Waals surface area contributed by atoms with Gasteiger partial charge in [-0.3, -0.25) is 14.7 Å². The summed E-state index contributed by atoms with van der Waals surface area (Å²) in [4.78, 5) is 25.1. The summed E-state index contributed by atoms with van der Waals surface area (Å²) in [7, 11) is 1.63. The van der Waals surface area contributed by atoms with Crippen LogP contribution in [0.1, 0.15) is 11.3 Å². The zero-order valence-electron chi connectivity index (χ0n) is 16.7. The van der Waals surface area contributed by atoms with E-state index in [1.54, 1.807) is 18.2 Å². The van der Waals surface area contributed by atoms with Gasteiger partial charge in [-0.05, 0) is 43.3 Å². The lowest BCUT2D eigenvalue weighted by molar-refractivity contribution is -0.116. The van der Waals surface area contributed by atoms with Gasteiger partial charge in [0.05, 0.1) is 35.3 Å². The van der Waals surface area contributed by atoms with Gasteiger partial charge in [0, 0.05) is 17.2 Å². The first-order chi connectivity index (χ1) is 14.6. The molecule has 30 heavy (non-hydrogen) atoms. The molecule has 7 heteroatoms. The highest BCUT2D eigenvalue weighted by molar-refractivity contribution is 8.00. The van der Waals surface area contributed by atoms with Gasteiger partial charge in [-0.15, -0.1) is 11.8 Å². The van der Waals surface area contributed by atoms with Crippen molar-refractivity contribution in [2.75, 3.05) is 17.8 Å².